The number of hydrogen-bond acceptors (Lipinski definition) is 3. The van der Waals surface area contributed by atoms with Crippen molar-refractivity contribution < 1.29 is 0 Å². The van der Waals surface area contributed by atoms with Crippen molar-refractivity contribution in [2.75, 3.05) is 25.5 Å². The lowest BCUT2D eigenvalue weighted by atomic mass is 10.1. The van der Waals surface area contributed by atoms with Gasteiger partial charge in [-0.3, -0.25) is 0 Å². The van der Waals surface area contributed by atoms with Gasteiger partial charge in [-0.05, 0) is 40.3 Å². The molecule has 1 unspecified atom stereocenters. The van der Waals surface area contributed by atoms with E-state index >= 15 is 0 Å². The summed E-state index contributed by atoms with van der Waals surface area (Å²) >= 11 is 0. The summed E-state index contributed by atoms with van der Waals surface area (Å²) in [4.78, 5) is 6.77. The Bertz CT molecular complexity index is 332. The molecule has 1 fully saturated rings. The van der Waals surface area contributed by atoms with Crippen LogP contribution in [0.4, 0.5) is 5.95 Å². The lowest BCUT2D eigenvalue weighted by molar-refractivity contribution is 0.260. The Labute approximate surface area is 97.7 Å². The fraction of sp³-hybridized carbons (Fsp3) is 0.750. The normalized spacial score (nSPS) is 22.6. The Hall–Kier alpha value is -1.03. The first-order valence-electron chi connectivity index (χ1n) is 6.14. The van der Waals surface area contributed by atoms with E-state index in [2.05, 4.69) is 40.7 Å². The van der Waals surface area contributed by atoms with Crippen LogP contribution in [0.15, 0.2) is 12.4 Å². The van der Waals surface area contributed by atoms with Crippen LogP contribution < -0.4 is 5.32 Å². The number of likely N-dealkylation sites (N-methyl/N-ethyl adjacent to an activating group) is 1. The average molecular weight is 222 g/mol. The van der Waals surface area contributed by atoms with Crippen molar-refractivity contribution >= 4 is 5.95 Å². The predicted molar refractivity (Wildman–Crippen MR) is 66.8 cm³/mol. The van der Waals surface area contributed by atoms with E-state index in [-0.39, 0.29) is 0 Å². The molecule has 16 heavy (non-hydrogen) atoms. The molecule has 1 aliphatic rings. The maximum Gasteiger partial charge on any atom is 0.203 e. The minimum absolute atomic E-state index is 0.464. The lowest BCUT2D eigenvalue weighted by Crippen LogP contribution is -2.40. The van der Waals surface area contributed by atoms with Crippen molar-refractivity contribution in [3.05, 3.63) is 12.4 Å². The van der Waals surface area contributed by atoms with Crippen LogP contribution in [-0.4, -0.2) is 40.6 Å². The summed E-state index contributed by atoms with van der Waals surface area (Å²) in [5.74, 6) is 1.01. The van der Waals surface area contributed by atoms with Crippen LogP contribution in [0.5, 0.6) is 0 Å². The number of rotatable bonds is 3. The Kier molecular flexibility index (Phi) is 3.49. The molecular formula is C12H22N4. The van der Waals surface area contributed by atoms with Crippen molar-refractivity contribution in [2.45, 2.75) is 38.8 Å². The molecule has 0 aliphatic carbocycles. The second-order valence-corrected chi connectivity index (χ2v) is 5.00. The molecule has 1 atom stereocenters. The first-order valence-corrected chi connectivity index (χ1v) is 6.14. The molecule has 0 spiro atoms. The molecule has 1 aromatic rings. The summed E-state index contributed by atoms with van der Waals surface area (Å²) in [5.41, 5.74) is 0. The van der Waals surface area contributed by atoms with Crippen LogP contribution in [0.25, 0.3) is 0 Å². The van der Waals surface area contributed by atoms with Crippen LogP contribution in [0, 0.1) is 0 Å². The third kappa shape index (κ3) is 2.55. The first-order chi connectivity index (χ1) is 7.66. The number of imidazole rings is 1. The fourth-order valence-electron chi connectivity index (χ4n) is 2.31. The zero-order valence-electron chi connectivity index (χ0n) is 10.5. The van der Waals surface area contributed by atoms with E-state index in [1.807, 2.05) is 12.4 Å². The summed E-state index contributed by atoms with van der Waals surface area (Å²) in [6.45, 7) is 6.70. The second kappa shape index (κ2) is 4.87. The highest BCUT2D eigenvalue weighted by Crippen LogP contribution is 2.17. The fourth-order valence-corrected chi connectivity index (χ4v) is 2.31. The Morgan fingerprint density at radius 3 is 3.00 bits per heavy atom. The topological polar surface area (TPSA) is 33.1 Å². The van der Waals surface area contributed by atoms with Gasteiger partial charge < -0.3 is 14.8 Å². The standard InChI is InChI=1S/C12H22N4/c1-10(2)16-8-6-13-12(16)14-11-5-4-7-15(3)9-11/h6,8,10-11H,4-5,7,9H2,1-3H3,(H,13,14). The summed E-state index contributed by atoms with van der Waals surface area (Å²) in [5, 5.41) is 3.55. The number of anilines is 1. The monoisotopic (exact) mass is 222 g/mol. The van der Waals surface area contributed by atoms with Crippen LogP contribution in [0.1, 0.15) is 32.7 Å². The highest BCUT2D eigenvalue weighted by Gasteiger charge is 2.18. The molecule has 0 radical (unpaired) electrons. The van der Waals surface area contributed by atoms with Crippen molar-refractivity contribution in [3.8, 4) is 0 Å². The van der Waals surface area contributed by atoms with E-state index < -0.39 is 0 Å². The van der Waals surface area contributed by atoms with Gasteiger partial charge in [0.2, 0.25) is 5.95 Å². The molecule has 1 aromatic heterocycles. The van der Waals surface area contributed by atoms with Crippen LogP contribution in [-0.2, 0) is 0 Å². The average Bonchev–Trinajstić information content (AvgIpc) is 2.66. The largest absolute Gasteiger partial charge is 0.352 e. The minimum Gasteiger partial charge on any atom is -0.352 e. The number of piperidine rings is 1. The van der Waals surface area contributed by atoms with E-state index in [1.165, 1.54) is 19.4 Å². The molecule has 0 aromatic carbocycles. The molecule has 2 heterocycles. The third-order valence-corrected chi connectivity index (χ3v) is 3.18. The molecule has 4 nitrogen and oxygen atoms in total. The molecule has 0 saturated carbocycles. The number of nitrogens with one attached hydrogen (secondary N) is 1. The number of likely N-dealkylation sites (tertiary alicyclic amines) is 1. The van der Waals surface area contributed by atoms with Gasteiger partial charge in [-0.15, -0.1) is 0 Å². The molecule has 90 valence electrons. The van der Waals surface area contributed by atoms with Gasteiger partial charge in [0, 0.05) is 31.0 Å². The lowest BCUT2D eigenvalue weighted by Gasteiger charge is -2.30. The third-order valence-electron chi connectivity index (χ3n) is 3.18. The Morgan fingerprint density at radius 2 is 2.31 bits per heavy atom. The summed E-state index contributed by atoms with van der Waals surface area (Å²) < 4.78 is 2.19. The maximum absolute atomic E-state index is 4.39. The van der Waals surface area contributed by atoms with E-state index in [4.69, 9.17) is 0 Å². The summed E-state index contributed by atoms with van der Waals surface area (Å²) in [6.07, 6.45) is 6.43. The molecular weight excluding hydrogens is 200 g/mol. The number of aromatic nitrogens is 2. The van der Waals surface area contributed by atoms with Crippen molar-refractivity contribution in [1.82, 2.24) is 14.5 Å². The van der Waals surface area contributed by atoms with Crippen LogP contribution in [0.2, 0.25) is 0 Å². The van der Waals surface area contributed by atoms with E-state index in [1.54, 1.807) is 0 Å². The molecule has 0 bridgehead atoms. The SMILES string of the molecule is CC(C)n1ccnc1NC1CCCN(C)C1. The van der Waals surface area contributed by atoms with E-state index in [0.717, 1.165) is 12.5 Å². The van der Waals surface area contributed by atoms with Gasteiger partial charge in [0.25, 0.3) is 0 Å². The van der Waals surface area contributed by atoms with Crippen molar-refractivity contribution in [3.63, 3.8) is 0 Å². The zero-order chi connectivity index (χ0) is 11.5. The smallest absolute Gasteiger partial charge is 0.203 e. The molecule has 1 saturated heterocycles. The highest BCUT2D eigenvalue weighted by molar-refractivity contribution is 5.28. The van der Waals surface area contributed by atoms with E-state index in [0.29, 0.717) is 12.1 Å². The minimum atomic E-state index is 0.464. The van der Waals surface area contributed by atoms with Crippen molar-refractivity contribution in [1.29, 1.82) is 0 Å². The molecule has 0 amide bonds. The van der Waals surface area contributed by atoms with Gasteiger partial charge in [0.15, 0.2) is 0 Å². The van der Waals surface area contributed by atoms with Crippen molar-refractivity contribution in [2.24, 2.45) is 0 Å². The van der Waals surface area contributed by atoms with E-state index in [9.17, 15) is 0 Å². The quantitative estimate of drug-likeness (QED) is 0.849. The van der Waals surface area contributed by atoms with Gasteiger partial charge >= 0.3 is 0 Å². The van der Waals surface area contributed by atoms with Gasteiger partial charge in [-0.1, -0.05) is 0 Å². The highest BCUT2D eigenvalue weighted by atomic mass is 15.2. The summed E-state index contributed by atoms with van der Waals surface area (Å²) in [6, 6.07) is 1.00. The Morgan fingerprint density at radius 1 is 1.50 bits per heavy atom. The zero-order valence-corrected chi connectivity index (χ0v) is 10.5. The first kappa shape index (κ1) is 11.5. The van der Waals surface area contributed by atoms with Gasteiger partial charge in [-0.25, -0.2) is 4.98 Å². The maximum atomic E-state index is 4.39. The Balaban J connectivity index is 2.00. The van der Waals surface area contributed by atoms with Crippen LogP contribution >= 0.6 is 0 Å². The van der Waals surface area contributed by atoms with Gasteiger partial charge in [-0.2, -0.15) is 0 Å². The summed E-state index contributed by atoms with van der Waals surface area (Å²) in [7, 11) is 2.18. The second-order valence-electron chi connectivity index (χ2n) is 5.00. The number of hydrogen-bond donors (Lipinski definition) is 1. The molecule has 4 heteroatoms. The molecule has 1 aliphatic heterocycles. The van der Waals surface area contributed by atoms with Crippen LogP contribution in [0.3, 0.4) is 0 Å². The van der Waals surface area contributed by atoms with Gasteiger partial charge in [0.1, 0.15) is 0 Å². The molecule has 2 rings (SSSR count). The van der Waals surface area contributed by atoms with Gasteiger partial charge in [0.05, 0.1) is 0 Å². The number of nitrogens with zero attached hydrogens (tertiary/aromatic N) is 3. The molecule has 1 N–H and O–H groups in total. The predicted octanol–water partition coefficient (Wildman–Crippen LogP) is 1.97.